The Labute approximate surface area is 239 Å². The lowest BCUT2D eigenvalue weighted by Crippen LogP contribution is -2.20. The maximum atomic E-state index is 13.0. The third-order valence-corrected chi connectivity index (χ3v) is 5.54. The van der Waals surface area contributed by atoms with E-state index in [9.17, 15) is 27.9 Å². The number of aliphatic hydroxyl groups excluding tert-OH is 1. The zero-order valence-corrected chi connectivity index (χ0v) is 23.2. The first-order valence-corrected chi connectivity index (χ1v) is 12.6. The van der Waals surface area contributed by atoms with Gasteiger partial charge in [0.25, 0.3) is 5.91 Å². The molecule has 4 N–H and O–H groups in total. The van der Waals surface area contributed by atoms with Crippen LogP contribution in [0.3, 0.4) is 0 Å². The van der Waals surface area contributed by atoms with Crippen molar-refractivity contribution in [3.8, 4) is 22.6 Å². The number of aromatic nitrogens is 5. The average molecular weight is 583 g/mol. The highest BCUT2D eigenvalue weighted by Gasteiger charge is 2.32. The fourth-order valence-corrected chi connectivity index (χ4v) is 3.54. The molecule has 1 atom stereocenters. The van der Waals surface area contributed by atoms with E-state index in [0.717, 1.165) is 5.56 Å². The molecule has 0 aliphatic rings. The van der Waals surface area contributed by atoms with Gasteiger partial charge in [-0.15, -0.1) is 5.10 Å². The van der Waals surface area contributed by atoms with Gasteiger partial charge in [-0.25, -0.2) is 9.97 Å². The standard InChI is InChI=1S/C26H22F3N7O3.C2H7N/c1-14-3-4-18(33-25(39)22-8-17(11-31-36-22)26(27,28)29)9-20(14)21-10-23(32-15(2)12-37)35-24(34-21)16-5-6-30-19(7-16)13-38;1-3-2/h3-11,13,15,37H,12H2,1-2H3,(H,33,39)(H,32,34,35);3H,1-2H3. The number of aliphatic hydroxyl groups is 1. The summed E-state index contributed by atoms with van der Waals surface area (Å²) >= 11 is 0. The molecule has 0 radical (unpaired) electrons. The number of carbonyl (C=O) groups excluding carboxylic acids is 2. The van der Waals surface area contributed by atoms with Crippen LogP contribution < -0.4 is 16.0 Å². The number of carbonyl (C=O) groups is 2. The molecule has 0 aliphatic carbocycles. The number of halogens is 3. The Hall–Kier alpha value is -4.82. The van der Waals surface area contributed by atoms with Gasteiger partial charge in [0.05, 0.1) is 24.1 Å². The van der Waals surface area contributed by atoms with Crippen LogP contribution in [0.15, 0.2) is 54.9 Å². The molecule has 0 fully saturated rings. The van der Waals surface area contributed by atoms with Crippen LogP contribution in [0.4, 0.5) is 24.7 Å². The first kappa shape index (κ1) is 31.7. The van der Waals surface area contributed by atoms with Gasteiger partial charge in [0.1, 0.15) is 11.5 Å². The van der Waals surface area contributed by atoms with Crippen molar-refractivity contribution >= 4 is 23.7 Å². The van der Waals surface area contributed by atoms with Crippen molar-refractivity contribution in [2.24, 2.45) is 0 Å². The number of alkyl halides is 3. The Kier molecular flexibility index (Phi) is 10.7. The normalized spacial score (nSPS) is 11.6. The SMILES string of the molecule is CNC.Cc1ccc(NC(=O)c2cc(C(F)(F)F)cnn2)cc1-c1cc(NC(C)CO)nc(-c2ccnc(C=O)c2)n1. The fraction of sp³-hybridized carbons (Fsp3) is 0.250. The van der Waals surface area contributed by atoms with Gasteiger partial charge in [-0.05, 0) is 63.8 Å². The van der Waals surface area contributed by atoms with E-state index in [1.54, 1.807) is 37.3 Å². The fourth-order valence-electron chi connectivity index (χ4n) is 3.54. The number of aldehydes is 1. The molecule has 11 nitrogen and oxygen atoms in total. The molecule has 1 unspecified atom stereocenters. The second kappa shape index (κ2) is 14.2. The molecule has 3 aromatic heterocycles. The van der Waals surface area contributed by atoms with E-state index in [1.165, 1.54) is 12.3 Å². The summed E-state index contributed by atoms with van der Waals surface area (Å²) < 4.78 is 39.1. The van der Waals surface area contributed by atoms with Gasteiger partial charge in [-0.1, -0.05) is 6.07 Å². The highest BCUT2D eigenvalue weighted by molar-refractivity contribution is 6.03. The molecule has 3 heterocycles. The average Bonchev–Trinajstić information content (AvgIpc) is 2.98. The lowest BCUT2D eigenvalue weighted by molar-refractivity contribution is -0.137. The molecule has 0 bridgehead atoms. The number of amides is 1. The van der Waals surface area contributed by atoms with E-state index < -0.39 is 23.3 Å². The Morgan fingerprint density at radius 1 is 1.10 bits per heavy atom. The minimum Gasteiger partial charge on any atom is -0.394 e. The van der Waals surface area contributed by atoms with Gasteiger partial charge in [0.2, 0.25) is 0 Å². The zero-order valence-electron chi connectivity index (χ0n) is 23.2. The minimum atomic E-state index is -4.67. The number of aryl methyl sites for hydroxylation is 1. The van der Waals surface area contributed by atoms with E-state index in [2.05, 4.69) is 41.1 Å². The number of hydrogen-bond donors (Lipinski definition) is 4. The monoisotopic (exact) mass is 582 g/mol. The van der Waals surface area contributed by atoms with Crippen molar-refractivity contribution in [1.29, 1.82) is 0 Å². The maximum Gasteiger partial charge on any atom is 0.418 e. The number of anilines is 2. The van der Waals surface area contributed by atoms with Crippen molar-refractivity contribution in [3.05, 3.63) is 77.4 Å². The van der Waals surface area contributed by atoms with E-state index in [-0.39, 0.29) is 29.9 Å². The van der Waals surface area contributed by atoms with Crippen molar-refractivity contribution in [1.82, 2.24) is 30.5 Å². The summed E-state index contributed by atoms with van der Waals surface area (Å²) in [7, 11) is 3.75. The molecule has 1 aromatic carbocycles. The third-order valence-electron chi connectivity index (χ3n) is 5.54. The summed E-state index contributed by atoms with van der Waals surface area (Å²) in [6.07, 6.45) is -2.08. The molecule has 4 rings (SSSR count). The van der Waals surface area contributed by atoms with Crippen LogP contribution in [0.25, 0.3) is 22.6 Å². The van der Waals surface area contributed by atoms with E-state index in [4.69, 9.17) is 0 Å². The van der Waals surface area contributed by atoms with Gasteiger partial charge < -0.3 is 21.1 Å². The Balaban J connectivity index is 0.00000155. The second-order valence-electron chi connectivity index (χ2n) is 9.09. The van der Waals surface area contributed by atoms with Crippen molar-refractivity contribution in [2.45, 2.75) is 26.1 Å². The smallest absolute Gasteiger partial charge is 0.394 e. The number of benzene rings is 1. The molecule has 1 amide bonds. The lowest BCUT2D eigenvalue weighted by Gasteiger charge is -2.15. The van der Waals surface area contributed by atoms with Crippen molar-refractivity contribution < 1.29 is 27.9 Å². The quantitative estimate of drug-likeness (QED) is 0.224. The Bertz CT molecular complexity index is 1550. The summed E-state index contributed by atoms with van der Waals surface area (Å²) in [5, 5.41) is 24.7. The van der Waals surface area contributed by atoms with Crippen LogP contribution in [0, 0.1) is 6.92 Å². The zero-order chi connectivity index (χ0) is 30.9. The van der Waals surface area contributed by atoms with Crippen molar-refractivity contribution in [3.63, 3.8) is 0 Å². The molecule has 220 valence electrons. The van der Waals surface area contributed by atoms with Crippen molar-refractivity contribution in [2.75, 3.05) is 31.3 Å². The predicted molar refractivity (Wildman–Crippen MR) is 151 cm³/mol. The summed E-state index contributed by atoms with van der Waals surface area (Å²) in [4.78, 5) is 37.0. The molecule has 0 spiro atoms. The van der Waals surface area contributed by atoms with Gasteiger partial charge in [0, 0.05) is 35.1 Å². The summed E-state index contributed by atoms with van der Waals surface area (Å²) in [6, 6.07) is 10.0. The number of nitrogens with one attached hydrogen (secondary N) is 3. The summed E-state index contributed by atoms with van der Waals surface area (Å²) in [5.74, 6) is -0.197. The maximum absolute atomic E-state index is 13.0. The molecule has 0 saturated carbocycles. The van der Waals surface area contributed by atoms with Crippen LogP contribution in [0.1, 0.15) is 39.0 Å². The molecular weight excluding hydrogens is 553 g/mol. The molecule has 4 aromatic rings. The predicted octanol–water partition coefficient (Wildman–Crippen LogP) is 4.02. The number of nitrogens with zero attached hydrogens (tertiary/aromatic N) is 5. The van der Waals surface area contributed by atoms with Gasteiger partial charge in [0.15, 0.2) is 17.8 Å². The molecule has 14 heteroatoms. The molecular formula is C28H29F3N8O3. The summed E-state index contributed by atoms with van der Waals surface area (Å²) in [5.41, 5.74) is 1.24. The molecule has 0 aliphatic heterocycles. The van der Waals surface area contributed by atoms with Gasteiger partial charge >= 0.3 is 6.18 Å². The highest BCUT2D eigenvalue weighted by atomic mass is 19.4. The largest absolute Gasteiger partial charge is 0.418 e. The Morgan fingerprint density at radius 2 is 1.83 bits per heavy atom. The number of pyridine rings is 1. The van der Waals surface area contributed by atoms with Crippen LogP contribution in [-0.2, 0) is 6.18 Å². The number of hydrogen-bond acceptors (Lipinski definition) is 10. The highest BCUT2D eigenvalue weighted by Crippen LogP contribution is 2.31. The van der Waals surface area contributed by atoms with Crippen LogP contribution in [0.5, 0.6) is 0 Å². The van der Waals surface area contributed by atoms with E-state index in [1.807, 2.05) is 21.0 Å². The van der Waals surface area contributed by atoms with Gasteiger partial charge in [-0.3, -0.25) is 14.6 Å². The topological polar surface area (TPSA) is 155 Å². The van der Waals surface area contributed by atoms with Crippen LogP contribution in [0.2, 0.25) is 0 Å². The first-order valence-electron chi connectivity index (χ1n) is 12.6. The van der Waals surface area contributed by atoms with Crippen LogP contribution >= 0.6 is 0 Å². The Morgan fingerprint density at radius 3 is 2.50 bits per heavy atom. The van der Waals surface area contributed by atoms with Gasteiger partial charge in [-0.2, -0.15) is 18.3 Å². The molecule has 0 saturated heterocycles. The van der Waals surface area contributed by atoms with E-state index in [0.29, 0.717) is 41.2 Å². The first-order chi connectivity index (χ1) is 20.0. The van der Waals surface area contributed by atoms with E-state index >= 15 is 0 Å². The lowest BCUT2D eigenvalue weighted by atomic mass is 10.0. The summed E-state index contributed by atoms with van der Waals surface area (Å²) in [6.45, 7) is 3.43. The minimum absolute atomic E-state index is 0.155. The third kappa shape index (κ3) is 8.34. The molecule has 42 heavy (non-hydrogen) atoms. The second-order valence-corrected chi connectivity index (χ2v) is 9.09. The number of rotatable bonds is 8. The van der Waals surface area contributed by atoms with Crippen LogP contribution in [-0.4, -0.2) is 69.2 Å².